The highest BCUT2D eigenvalue weighted by Gasteiger charge is 2.72. The summed E-state index contributed by atoms with van der Waals surface area (Å²) in [4.78, 5) is 12.5. The highest BCUT2D eigenvalue weighted by atomic mass is 16.6. The van der Waals surface area contributed by atoms with Crippen LogP contribution in [0.3, 0.4) is 0 Å². The van der Waals surface area contributed by atoms with E-state index in [9.17, 15) is 4.79 Å². The van der Waals surface area contributed by atoms with Crippen molar-refractivity contribution in [1.29, 1.82) is 0 Å². The van der Waals surface area contributed by atoms with Crippen molar-refractivity contribution in [2.24, 2.45) is 5.92 Å². The monoisotopic (exact) mass is 423 g/mol. The van der Waals surface area contributed by atoms with Crippen LogP contribution in [0.1, 0.15) is 73.1 Å². The zero-order chi connectivity index (χ0) is 21.9. The van der Waals surface area contributed by atoms with Crippen molar-refractivity contribution < 1.29 is 23.7 Å². The Morgan fingerprint density at radius 3 is 2.70 bits per heavy atom. The molecule has 3 rings (SSSR count). The molecule has 30 heavy (non-hydrogen) atoms. The van der Waals surface area contributed by atoms with Crippen molar-refractivity contribution in [3.05, 3.63) is 11.6 Å². The molecule has 172 valence electrons. The lowest BCUT2D eigenvalue weighted by molar-refractivity contribution is -0.171. The summed E-state index contributed by atoms with van der Waals surface area (Å²) in [5.74, 6) is -0.145. The summed E-state index contributed by atoms with van der Waals surface area (Å²) in [5.41, 5.74) is 0.802. The van der Waals surface area contributed by atoms with Crippen molar-refractivity contribution in [1.82, 2.24) is 5.32 Å². The summed E-state index contributed by atoms with van der Waals surface area (Å²) in [6, 6.07) is 0.313. The topological polar surface area (TPSA) is 72.6 Å². The van der Waals surface area contributed by atoms with Crippen LogP contribution in [0.15, 0.2) is 11.6 Å². The number of hydrogen-bond acceptors (Lipinski definition) is 6. The number of allylic oxidation sites excluding steroid dienone is 1. The van der Waals surface area contributed by atoms with Crippen molar-refractivity contribution in [2.45, 2.75) is 109 Å². The first-order valence-corrected chi connectivity index (χ1v) is 11.7. The van der Waals surface area contributed by atoms with E-state index in [2.05, 4.69) is 46.0 Å². The molecule has 1 spiro atoms. The zero-order valence-corrected chi connectivity index (χ0v) is 19.7. The minimum Gasteiger partial charge on any atom is -0.459 e. The molecule has 0 bridgehead atoms. The van der Waals surface area contributed by atoms with Gasteiger partial charge in [-0.1, -0.05) is 31.4 Å². The molecule has 1 aliphatic carbocycles. The minimum atomic E-state index is -0.304. The second-order valence-electron chi connectivity index (χ2n) is 9.83. The number of unbranched alkanes of at least 4 members (excludes halogenated alkanes) is 1. The van der Waals surface area contributed by atoms with Crippen LogP contribution in [0.2, 0.25) is 0 Å². The van der Waals surface area contributed by atoms with Crippen molar-refractivity contribution >= 4 is 5.97 Å². The van der Waals surface area contributed by atoms with Crippen LogP contribution in [-0.4, -0.2) is 61.8 Å². The second-order valence-corrected chi connectivity index (χ2v) is 9.83. The second kappa shape index (κ2) is 9.68. The van der Waals surface area contributed by atoms with E-state index in [4.69, 9.17) is 18.9 Å². The maximum atomic E-state index is 12.5. The molecular formula is C24H41NO5. The van der Waals surface area contributed by atoms with Gasteiger partial charge in [-0.2, -0.15) is 0 Å². The molecule has 0 aromatic rings. The van der Waals surface area contributed by atoms with Crippen LogP contribution in [0.4, 0.5) is 0 Å². The summed E-state index contributed by atoms with van der Waals surface area (Å²) in [5, 5.41) is 3.29. The Kier molecular flexibility index (Phi) is 7.65. The molecule has 1 saturated carbocycles. The number of epoxide rings is 2. The van der Waals surface area contributed by atoms with Gasteiger partial charge in [0.15, 0.2) is 0 Å². The van der Waals surface area contributed by atoms with E-state index >= 15 is 0 Å². The average Bonchev–Trinajstić information content (AvgIpc) is 3.62. The molecule has 2 saturated heterocycles. The number of nitrogens with one attached hydrogen (secondary N) is 1. The first-order valence-electron chi connectivity index (χ1n) is 11.7. The first kappa shape index (κ1) is 23.7. The third-order valence-corrected chi connectivity index (χ3v) is 7.11. The van der Waals surface area contributed by atoms with Gasteiger partial charge in [-0.05, 0) is 53.4 Å². The smallest absolute Gasteiger partial charge is 0.320 e. The lowest BCUT2D eigenvalue weighted by Gasteiger charge is -2.42. The summed E-state index contributed by atoms with van der Waals surface area (Å²) >= 11 is 0. The maximum Gasteiger partial charge on any atom is 0.320 e. The summed E-state index contributed by atoms with van der Waals surface area (Å²) < 4.78 is 24.0. The quantitative estimate of drug-likeness (QED) is 0.310. The molecule has 2 aliphatic heterocycles. The van der Waals surface area contributed by atoms with E-state index in [0.717, 1.165) is 45.1 Å². The molecule has 3 aliphatic rings. The summed E-state index contributed by atoms with van der Waals surface area (Å²) in [6.45, 7) is 11.6. The van der Waals surface area contributed by atoms with E-state index in [1.165, 1.54) is 5.57 Å². The minimum absolute atomic E-state index is 0.0635. The average molecular weight is 424 g/mol. The number of methoxy groups -OCH3 is 1. The largest absolute Gasteiger partial charge is 0.459 e. The molecular weight excluding hydrogens is 382 g/mol. The molecule has 7 atom stereocenters. The lowest BCUT2D eigenvalue weighted by atomic mass is 9.68. The SMILES string of the molecule is CCCCC(C)NCC(=O)O[C@@H]1CC[C@]2(CO2)[C@@H]([C@@]2(C)OC2CC=C(C)C)[C@@H]1OC. The Balaban J connectivity index is 1.61. The van der Waals surface area contributed by atoms with Gasteiger partial charge in [0.25, 0.3) is 0 Å². The molecule has 3 fully saturated rings. The van der Waals surface area contributed by atoms with E-state index in [1.807, 2.05) is 0 Å². The zero-order valence-electron chi connectivity index (χ0n) is 19.7. The normalized spacial score (nSPS) is 38.2. The van der Waals surface area contributed by atoms with Crippen LogP contribution in [0.25, 0.3) is 0 Å². The van der Waals surface area contributed by atoms with Crippen molar-refractivity contribution in [3.8, 4) is 0 Å². The fourth-order valence-electron chi connectivity index (χ4n) is 5.15. The Morgan fingerprint density at radius 1 is 1.37 bits per heavy atom. The molecule has 6 nitrogen and oxygen atoms in total. The van der Waals surface area contributed by atoms with Gasteiger partial charge in [-0.15, -0.1) is 0 Å². The van der Waals surface area contributed by atoms with Crippen LogP contribution in [0, 0.1) is 5.92 Å². The highest BCUT2D eigenvalue weighted by Crippen LogP contribution is 2.59. The standard InChI is InChI=1S/C24H41NO5/c1-7-8-9-17(4)25-14-20(26)29-18-12-13-24(15-28-24)22(21(18)27-6)23(5)19(30-23)11-10-16(2)3/h10,17-19,21-22,25H,7-9,11-15H2,1-6H3/t17?,18-,19?,21-,22-,23+,24+/m1/s1. The van der Waals surface area contributed by atoms with E-state index < -0.39 is 0 Å². The molecule has 0 aromatic carbocycles. The van der Waals surface area contributed by atoms with Crippen molar-refractivity contribution in [3.63, 3.8) is 0 Å². The van der Waals surface area contributed by atoms with Crippen molar-refractivity contribution in [2.75, 3.05) is 20.3 Å². The number of ether oxygens (including phenoxy) is 4. The van der Waals surface area contributed by atoms with Crippen LogP contribution >= 0.6 is 0 Å². The Morgan fingerprint density at radius 2 is 2.10 bits per heavy atom. The van der Waals surface area contributed by atoms with Gasteiger partial charge in [0.1, 0.15) is 23.4 Å². The number of carbonyl (C=O) groups is 1. The van der Waals surface area contributed by atoms with Crippen LogP contribution < -0.4 is 5.32 Å². The molecule has 1 N–H and O–H groups in total. The third kappa shape index (κ3) is 5.26. The Hall–Kier alpha value is -0.950. The maximum absolute atomic E-state index is 12.5. The predicted molar refractivity (Wildman–Crippen MR) is 116 cm³/mol. The van der Waals surface area contributed by atoms with Crippen LogP contribution in [0.5, 0.6) is 0 Å². The molecule has 0 aromatic heterocycles. The van der Waals surface area contributed by atoms with Gasteiger partial charge in [0.2, 0.25) is 0 Å². The number of esters is 1. The number of rotatable bonds is 11. The Bertz CT molecular complexity index is 627. The number of carbonyl (C=O) groups excluding carboxylic acids is 1. The summed E-state index contributed by atoms with van der Waals surface area (Å²) in [6.07, 6.45) is 7.83. The molecule has 0 radical (unpaired) electrons. The Labute approximate surface area is 182 Å². The fourth-order valence-corrected chi connectivity index (χ4v) is 5.15. The van der Waals surface area contributed by atoms with E-state index in [0.29, 0.717) is 6.04 Å². The predicted octanol–water partition coefficient (Wildman–Crippen LogP) is 3.77. The van der Waals surface area contributed by atoms with Gasteiger partial charge in [-0.3, -0.25) is 4.79 Å². The number of hydrogen-bond donors (Lipinski definition) is 1. The van der Waals surface area contributed by atoms with Gasteiger partial charge in [0.05, 0.1) is 25.2 Å². The van der Waals surface area contributed by atoms with E-state index in [-0.39, 0.29) is 47.9 Å². The third-order valence-electron chi connectivity index (χ3n) is 7.11. The van der Waals surface area contributed by atoms with Gasteiger partial charge < -0.3 is 24.3 Å². The highest BCUT2D eigenvalue weighted by molar-refractivity contribution is 5.72. The summed E-state index contributed by atoms with van der Waals surface area (Å²) in [7, 11) is 1.71. The van der Waals surface area contributed by atoms with E-state index in [1.54, 1.807) is 7.11 Å². The molecule has 2 heterocycles. The van der Waals surface area contributed by atoms with Gasteiger partial charge >= 0.3 is 5.97 Å². The fraction of sp³-hybridized carbons (Fsp3) is 0.875. The molecule has 2 unspecified atom stereocenters. The van der Waals surface area contributed by atoms with Gasteiger partial charge in [0, 0.05) is 13.2 Å². The van der Waals surface area contributed by atoms with Crippen LogP contribution in [-0.2, 0) is 23.7 Å². The molecule has 6 heteroatoms. The first-order chi connectivity index (χ1) is 14.3. The molecule has 0 amide bonds. The van der Waals surface area contributed by atoms with Gasteiger partial charge in [-0.25, -0.2) is 0 Å². The lowest BCUT2D eigenvalue weighted by Crippen LogP contribution is -2.56.